The molecule has 2 aliphatic rings. The van der Waals surface area contributed by atoms with E-state index in [0.29, 0.717) is 79.8 Å². The summed E-state index contributed by atoms with van der Waals surface area (Å²) in [6.45, 7) is 13.0. The van der Waals surface area contributed by atoms with E-state index in [0.717, 1.165) is 5.56 Å². The number of alkyl halides is 1. The maximum absolute atomic E-state index is 16.9. The molecule has 2 aliphatic heterocycles. The number of nitrogens with zero attached hydrogens (tertiary/aromatic N) is 6. The zero-order valence-electron chi connectivity index (χ0n) is 25.7. The van der Waals surface area contributed by atoms with Crippen molar-refractivity contribution in [1.82, 2.24) is 30.0 Å². The number of piperazine rings is 1. The van der Waals surface area contributed by atoms with Gasteiger partial charge >= 0.3 is 0 Å². The van der Waals surface area contributed by atoms with Crippen molar-refractivity contribution in [3.05, 3.63) is 47.3 Å². The molecular weight excluding hydrogens is 600 g/mol. The van der Waals surface area contributed by atoms with E-state index in [1.165, 1.54) is 6.08 Å². The Kier molecular flexibility index (Phi) is 8.53. The van der Waals surface area contributed by atoms with Crippen LogP contribution < -0.4 is 16.0 Å². The van der Waals surface area contributed by atoms with Crippen LogP contribution in [0, 0.1) is 12.7 Å². The van der Waals surface area contributed by atoms with Crippen LogP contribution in [-0.4, -0.2) is 93.4 Å². The van der Waals surface area contributed by atoms with E-state index in [-0.39, 0.29) is 45.9 Å². The number of halogens is 3. The maximum atomic E-state index is 16.9. The van der Waals surface area contributed by atoms with Crippen molar-refractivity contribution in [3.8, 4) is 11.1 Å². The lowest BCUT2D eigenvalue weighted by Crippen LogP contribution is -2.58. The van der Waals surface area contributed by atoms with Gasteiger partial charge in [0.05, 0.1) is 15.9 Å². The summed E-state index contributed by atoms with van der Waals surface area (Å²) in [5.41, 5.74) is 8.53. The minimum absolute atomic E-state index is 0.114. The number of hydrogen-bond donors (Lipinski definition) is 3. The van der Waals surface area contributed by atoms with Crippen LogP contribution in [0.3, 0.4) is 0 Å². The van der Waals surface area contributed by atoms with Crippen molar-refractivity contribution < 1.29 is 13.6 Å². The second kappa shape index (κ2) is 12.4. The summed E-state index contributed by atoms with van der Waals surface area (Å²) < 4.78 is 30.6. The third kappa shape index (κ3) is 5.77. The Labute approximate surface area is 265 Å². The summed E-state index contributed by atoms with van der Waals surface area (Å²) >= 11 is 6.92. The molecule has 4 N–H and O–H groups in total. The number of anilines is 3. The lowest BCUT2D eigenvalue weighted by Gasteiger charge is -2.44. The number of carbonyl (C=O) groups excluding carboxylic acids is 1. The van der Waals surface area contributed by atoms with E-state index < -0.39 is 12.0 Å². The van der Waals surface area contributed by atoms with E-state index in [4.69, 9.17) is 22.3 Å². The Morgan fingerprint density at radius 1 is 1.20 bits per heavy atom. The number of aromatic amines is 1. The van der Waals surface area contributed by atoms with Crippen molar-refractivity contribution in [1.29, 1.82) is 0 Å². The van der Waals surface area contributed by atoms with Crippen LogP contribution in [0.2, 0.25) is 5.02 Å². The van der Waals surface area contributed by atoms with Crippen LogP contribution in [0.15, 0.2) is 30.9 Å². The van der Waals surface area contributed by atoms with Crippen LogP contribution in [0.1, 0.15) is 32.3 Å². The van der Waals surface area contributed by atoms with Crippen LogP contribution in [0.5, 0.6) is 0 Å². The Bertz CT molecular complexity index is 1770. The molecule has 4 aromatic rings. The van der Waals surface area contributed by atoms with Crippen molar-refractivity contribution in [2.45, 2.75) is 51.9 Å². The van der Waals surface area contributed by atoms with Crippen LogP contribution in [-0.2, 0) is 4.79 Å². The van der Waals surface area contributed by atoms with Crippen molar-refractivity contribution in [2.24, 2.45) is 0 Å². The SMILES string of the molecule is C=CC(=O)N1C[C@H](C)N(c2nc(NCCN3CCC(F)CC3)nc3c(F)c(-c4c(C)ccc5[nH]nc(N)c45)c(Cl)cc23)C[C@H]1C. The number of likely N-dealkylation sites (tertiary alicyclic amines) is 1. The topological polar surface area (TPSA) is 119 Å². The Morgan fingerprint density at radius 2 is 1.96 bits per heavy atom. The summed E-state index contributed by atoms with van der Waals surface area (Å²) in [5.74, 6) is 0.314. The van der Waals surface area contributed by atoms with Gasteiger partial charge in [0.25, 0.3) is 0 Å². The number of rotatable bonds is 7. The first-order chi connectivity index (χ1) is 21.6. The average molecular weight is 638 g/mol. The zero-order valence-corrected chi connectivity index (χ0v) is 26.5. The standard InChI is InChI=1S/C32H38ClF2N9O/c1-5-24(45)43-15-19(4)44(16-18(43)3)31-21-14-22(33)26(25-17(2)6-7-23-27(25)30(36)41-40-23)28(35)29(21)38-32(39-31)37-10-13-42-11-8-20(34)9-12-42/h5-7,14,18-20H,1,8-13,15-16H2,2-4H3,(H3,36,40,41)(H,37,38,39)/t18-,19+/m1/s1. The normalized spacial score (nSPS) is 19.9. The van der Waals surface area contributed by atoms with Crippen LogP contribution in [0.4, 0.5) is 26.4 Å². The van der Waals surface area contributed by atoms with Crippen LogP contribution in [0.25, 0.3) is 32.9 Å². The summed E-state index contributed by atoms with van der Waals surface area (Å²) in [7, 11) is 0. The highest BCUT2D eigenvalue weighted by atomic mass is 35.5. The number of aryl methyl sites for hydroxylation is 1. The molecule has 13 heteroatoms. The highest BCUT2D eigenvalue weighted by Crippen LogP contribution is 2.43. The molecule has 0 radical (unpaired) electrons. The van der Waals surface area contributed by atoms with Gasteiger partial charge in [0, 0.05) is 67.9 Å². The molecule has 0 aliphatic carbocycles. The van der Waals surface area contributed by atoms with Gasteiger partial charge in [0.15, 0.2) is 11.6 Å². The molecule has 10 nitrogen and oxygen atoms in total. The first kappa shape index (κ1) is 31.0. The number of hydrogen-bond acceptors (Lipinski definition) is 8. The molecule has 0 bridgehead atoms. The summed E-state index contributed by atoms with van der Waals surface area (Å²) in [6, 6.07) is 5.15. The lowest BCUT2D eigenvalue weighted by molar-refractivity contribution is -0.128. The van der Waals surface area contributed by atoms with Gasteiger partial charge in [-0.2, -0.15) is 10.1 Å². The number of carbonyl (C=O) groups is 1. The Morgan fingerprint density at radius 3 is 2.69 bits per heavy atom. The fourth-order valence-corrected chi connectivity index (χ4v) is 6.86. The highest BCUT2D eigenvalue weighted by molar-refractivity contribution is 6.35. The summed E-state index contributed by atoms with van der Waals surface area (Å²) in [4.78, 5) is 28.2. The average Bonchev–Trinajstić information content (AvgIpc) is 3.40. The smallest absolute Gasteiger partial charge is 0.246 e. The number of benzene rings is 2. The Hall–Kier alpha value is -4.03. The Balaban J connectivity index is 1.45. The molecule has 0 spiro atoms. The minimum atomic E-state index is -0.747. The molecule has 2 atom stereocenters. The quantitative estimate of drug-likeness (QED) is 0.233. The van der Waals surface area contributed by atoms with E-state index >= 15 is 4.39 Å². The second-order valence-electron chi connectivity index (χ2n) is 12.1. The van der Waals surface area contributed by atoms with Crippen molar-refractivity contribution in [2.75, 3.05) is 55.2 Å². The first-order valence-electron chi connectivity index (χ1n) is 15.3. The van der Waals surface area contributed by atoms with Crippen molar-refractivity contribution >= 4 is 56.9 Å². The lowest BCUT2D eigenvalue weighted by atomic mass is 9.94. The third-order valence-corrected chi connectivity index (χ3v) is 9.32. The monoisotopic (exact) mass is 637 g/mol. The van der Waals surface area contributed by atoms with Gasteiger partial charge in [-0.25, -0.2) is 13.8 Å². The van der Waals surface area contributed by atoms with Gasteiger partial charge in [0.2, 0.25) is 11.9 Å². The molecule has 2 aromatic heterocycles. The molecule has 0 unspecified atom stereocenters. The molecular formula is C32H38ClF2N9O. The third-order valence-electron chi connectivity index (χ3n) is 9.02. The minimum Gasteiger partial charge on any atom is -0.382 e. The molecule has 1 amide bonds. The van der Waals surface area contributed by atoms with Crippen molar-refractivity contribution in [3.63, 3.8) is 0 Å². The number of H-pyrrole nitrogens is 1. The fourth-order valence-electron chi connectivity index (χ4n) is 6.57. The highest BCUT2D eigenvalue weighted by Gasteiger charge is 2.34. The number of aromatic nitrogens is 4. The van der Waals surface area contributed by atoms with E-state index in [1.54, 1.807) is 11.0 Å². The zero-order chi connectivity index (χ0) is 32.0. The molecule has 2 aromatic carbocycles. The second-order valence-corrected chi connectivity index (χ2v) is 12.5. The largest absolute Gasteiger partial charge is 0.382 e. The number of amides is 1. The predicted molar refractivity (Wildman–Crippen MR) is 176 cm³/mol. The predicted octanol–water partition coefficient (Wildman–Crippen LogP) is 5.31. The summed E-state index contributed by atoms with van der Waals surface area (Å²) in [6.07, 6.45) is 1.62. The summed E-state index contributed by atoms with van der Waals surface area (Å²) in [5, 5.41) is 11.6. The molecule has 6 rings (SSSR count). The molecule has 2 saturated heterocycles. The first-order valence-corrected chi connectivity index (χ1v) is 15.7. The van der Waals surface area contributed by atoms with E-state index in [1.807, 2.05) is 32.9 Å². The number of piperidine rings is 1. The van der Waals surface area contributed by atoms with E-state index in [2.05, 4.69) is 36.9 Å². The van der Waals surface area contributed by atoms with Gasteiger partial charge in [-0.05, 0) is 57.4 Å². The number of nitrogen functional groups attached to an aromatic ring is 1. The number of nitrogens with two attached hydrogens (primary N) is 1. The number of fused-ring (bicyclic) bond motifs is 2. The maximum Gasteiger partial charge on any atom is 0.246 e. The van der Waals surface area contributed by atoms with Gasteiger partial charge in [-0.3, -0.25) is 9.89 Å². The van der Waals surface area contributed by atoms with Gasteiger partial charge in [-0.1, -0.05) is 24.2 Å². The molecule has 2 fully saturated rings. The molecule has 0 saturated carbocycles. The fraction of sp³-hybridized carbons (Fsp3) is 0.438. The van der Waals surface area contributed by atoms with Gasteiger partial charge < -0.3 is 25.8 Å². The number of nitrogens with one attached hydrogen (secondary N) is 2. The molecule has 4 heterocycles. The molecule has 45 heavy (non-hydrogen) atoms. The van der Waals surface area contributed by atoms with Gasteiger partial charge in [-0.15, -0.1) is 0 Å². The van der Waals surface area contributed by atoms with E-state index in [9.17, 15) is 9.18 Å². The van der Waals surface area contributed by atoms with Gasteiger partial charge in [0.1, 0.15) is 17.5 Å². The van der Waals surface area contributed by atoms with Crippen LogP contribution >= 0.6 is 11.6 Å². The molecule has 238 valence electrons.